The molecule has 2 aliphatic rings. The highest BCUT2D eigenvalue weighted by atomic mass is 32.2. The van der Waals surface area contributed by atoms with Gasteiger partial charge in [-0.3, -0.25) is 4.79 Å². The van der Waals surface area contributed by atoms with Crippen molar-refractivity contribution in [3.05, 3.63) is 59.7 Å². The molecule has 2 aromatic carbocycles. The zero-order valence-electron chi connectivity index (χ0n) is 15.1. The first-order valence-corrected chi connectivity index (χ1v) is 10.5. The van der Waals surface area contributed by atoms with Gasteiger partial charge in [0.25, 0.3) is 5.91 Å². The molecule has 2 aromatic rings. The molecule has 142 valence electrons. The van der Waals surface area contributed by atoms with Crippen LogP contribution in [-0.4, -0.2) is 43.9 Å². The first-order valence-electron chi connectivity index (χ1n) is 9.03. The number of amides is 1. The third kappa shape index (κ3) is 3.33. The number of nitrogens with zero attached hydrogens (tertiary/aromatic N) is 1. The molecule has 0 unspecified atom stereocenters. The van der Waals surface area contributed by atoms with E-state index in [0.717, 1.165) is 5.56 Å². The molecule has 4 rings (SSSR count). The minimum absolute atomic E-state index is 0.155. The highest BCUT2D eigenvalue weighted by Crippen LogP contribution is 2.34. The second kappa shape index (κ2) is 6.65. The summed E-state index contributed by atoms with van der Waals surface area (Å²) in [4.78, 5) is 12.6. The average molecular weight is 386 g/mol. The van der Waals surface area contributed by atoms with Crippen molar-refractivity contribution in [1.82, 2.24) is 9.62 Å². The topological polar surface area (TPSA) is 75.7 Å². The van der Waals surface area contributed by atoms with E-state index in [1.165, 1.54) is 4.31 Å². The third-order valence-electron chi connectivity index (χ3n) is 5.32. The number of fused-ring (bicyclic) bond motifs is 1. The fraction of sp³-hybridized carbons (Fsp3) is 0.350. The lowest BCUT2D eigenvalue weighted by Gasteiger charge is -2.40. The number of nitrogens with one attached hydrogen (secondary N) is 1. The second-order valence-electron chi connectivity index (χ2n) is 7.18. The number of para-hydroxylation sites is 1. The second-order valence-corrected chi connectivity index (χ2v) is 9.12. The lowest BCUT2D eigenvalue weighted by Crippen LogP contribution is -2.54. The van der Waals surface area contributed by atoms with E-state index in [4.69, 9.17) is 4.74 Å². The van der Waals surface area contributed by atoms with Gasteiger partial charge in [-0.1, -0.05) is 29.8 Å². The van der Waals surface area contributed by atoms with Crippen LogP contribution in [0.2, 0.25) is 0 Å². The van der Waals surface area contributed by atoms with E-state index in [9.17, 15) is 13.2 Å². The van der Waals surface area contributed by atoms with Gasteiger partial charge in [-0.25, -0.2) is 8.42 Å². The molecule has 2 heterocycles. The Hall–Kier alpha value is -2.38. The number of ether oxygens (including phenoxy) is 1. The van der Waals surface area contributed by atoms with Crippen LogP contribution in [0, 0.1) is 6.92 Å². The molecule has 1 saturated heterocycles. The summed E-state index contributed by atoms with van der Waals surface area (Å²) in [5, 5.41) is 2.92. The van der Waals surface area contributed by atoms with Crippen molar-refractivity contribution in [2.24, 2.45) is 0 Å². The predicted octanol–water partition coefficient (Wildman–Crippen LogP) is 2.34. The number of carbonyl (C=O) groups excluding carboxylic acids is 1. The predicted molar refractivity (Wildman–Crippen MR) is 101 cm³/mol. The van der Waals surface area contributed by atoms with Gasteiger partial charge < -0.3 is 10.1 Å². The fourth-order valence-electron chi connectivity index (χ4n) is 3.62. The third-order valence-corrected chi connectivity index (χ3v) is 7.23. The van der Waals surface area contributed by atoms with Crippen molar-refractivity contribution in [2.75, 3.05) is 19.6 Å². The highest BCUT2D eigenvalue weighted by molar-refractivity contribution is 7.89. The van der Waals surface area contributed by atoms with E-state index in [-0.39, 0.29) is 5.91 Å². The van der Waals surface area contributed by atoms with E-state index in [0.29, 0.717) is 48.7 Å². The maximum absolute atomic E-state index is 12.9. The van der Waals surface area contributed by atoms with Gasteiger partial charge in [-0.15, -0.1) is 0 Å². The summed E-state index contributed by atoms with van der Waals surface area (Å²) in [5.41, 5.74) is 0.957. The van der Waals surface area contributed by atoms with Crippen LogP contribution < -0.4 is 10.1 Å². The Morgan fingerprint density at radius 3 is 2.41 bits per heavy atom. The Morgan fingerprint density at radius 2 is 1.70 bits per heavy atom. The van der Waals surface area contributed by atoms with Crippen LogP contribution in [0.15, 0.2) is 53.4 Å². The van der Waals surface area contributed by atoms with Gasteiger partial charge >= 0.3 is 0 Å². The van der Waals surface area contributed by atoms with Gasteiger partial charge in [0.15, 0.2) is 0 Å². The van der Waals surface area contributed by atoms with Crippen molar-refractivity contribution in [2.45, 2.75) is 30.3 Å². The zero-order chi connectivity index (χ0) is 19.1. The van der Waals surface area contributed by atoms with Crippen molar-refractivity contribution >= 4 is 15.9 Å². The average Bonchev–Trinajstić information content (AvgIpc) is 2.80. The standard InChI is InChI=1S/C20H22N2O4S/c1-15-6-8-16(9-7-15)27(24,25)22-12-10-20(11-13-22)14-21-19(23)17-4-2-3-5-18(17)26-20/h2-9H,10-14H2,1H3,(H,21,23). The number of piperidine rings is 1. The molecule has 7 heteroatoms. The van der Waals surface area contributed by atoms with Crippen LogP contribution in [0.5, 0.6) is 5.75 Å². The lowest BCUT2D eigenvalue weighted by atomic mass is 9.92. The van der Waals surface area contributed by atoms with E-state index in [1.54, 1.807) is 42.5 Å². The van der Waals surface area contributed by atoms with E-state index < -0.39 is 15.6 Å². The minimum atomic E-state index is -3.52. The number of benzene rings is 2. The molecule has 2 aliphatic heterocycles. The Bertz CT molecular complexity index is 962. The lowest BCUT2D eigenvalue weighted by molar-refractivity contribution is 0.0246. The number of sulfonamides is 1. The van der Waals surface area contributed by atoms with Crippen molar-refractivity contribution in [1.29, 1.82) is 0 Å². The van der Waals surface area contributed by atoms with Crippen LogP contribution >= 0.6 is 0 Å². The maximum atomic E-state index is 12.9. The van der Waals surface area contributed by atoms with Gasteiger partial charge in [-0.2, -0.15) is 4.31 Å². The Labute approximate surface area is 159 Å². The molecule has 0 aromatic heterocycles. The molecule has 0 atom stereocenters. The normalized spacial score (nSPS) is 19.7. The molecule has 0 saturated carbocycles. The molecular formula is C20H22N2O4S. The molecule has 6 nitrogen and oxygen atoms in total. The van der Waals surface area contributed by atoms with Crippen LogP contribution in [0.1, 0.15) is 28.8 Å². The molecule has 1 spiro atoms. The van der Waals surface area contributed by atoms with Crippen LogP contribution in [-0.2, 0) is 10.0 Å². The van der Waals surface area contributed by atoms with Gasteiger partial charge in [0.1, 0.15) is 11.4 Å². The van der Waals surface area contributed by atoms with Crippen LogP contribution in [0.4, 0.5) is 0 Å². The van der Waals surface area contributed by atoms with Gasteiger partial charge in [0, 0.05) is 25.9 Å². The van der Waals surface area contributed by atoms with Crippen molar-refractivity contribution < 1.29 is 17.9 Å². The van der Waals surface area contributed by atoms with E-state index in [2.05, 4.69) is 5.32 Å². The summed E-state index contributed by atoms with van der Waals surface area (Å²) in [7, 11) is -3.52. The molecule has 0 bridgehead atoms. The number of rotatable bonds is 2. The van der Waals surface area contributed by atoms with Crippen LogP contribution in [0.3, 0.4) is 0 Å². The highest BCUT2D eigenvalue weighted by Gasteiger charge is 2.42. The quantitative estimate of drug-likeness (QED) is 0.860. The minimum Gasteiger partial charge on any atom is -0.485 e. The summed E-state index contributed by atoms with van der Waals surface area (Å²) >= 11 is 0. The Balaban J connectivity index is 1.53. The SMILES string of the molecule is Cc1ccc(S(=O)(=O)N2CCC3(CC2)CNC(=O)c2ccccc2O3)cc1. The zero-order valence-corrected chi connectivity index (χ0v) is 16.0. The largest absolute Gasteiger partial charge is 0.485 e. The van der Waals surface area contributed by atoms with Crippen LogP contribution in [0.25, 0.3) is 0 Å². The first kappa shape index (κ1) is 18.0. The summed E-state index contributed by atoms with van der Waals surface area (Å²) < 4.78 is 33.5. The molecule has 0 aliphatic carbocycles. The molecule has 0 radical (unpaired) electrons. The summed E-state index contributed by atoms with van der Waals surface area (Å²) in [6.07, 6.45) is 1.04. The molecule has 1 amide bonds. The molecular weight excluding hydrogens is 364 g/mol. The fourth-order valence-corrected chi connectivity index (χ4v) is 5.06. The Kier molecular flexibility index (Phi) is 4.44. The molecule has 27 heavy (non-hydrogen) atoms. The molecule has 1 fully saturated rings. The number of hydrogen-bond acceptors (Lipinski definition) is 4. The van der Waals surface area contributed by atoms with E-state index >= 15 is 0 Å². The van der Waals surface area contributed by atoms with Gasteiger partial charge in [0.2, 0.25) is 10.0 Å². The van der Waals surface area contributed by atoms with Gasteiger partial charge in [-0.05, 0) is 31.2 Å². The summed E-state index contributed by atoms with van der Waals surface area (Å²) in [6, 6.07) is 14.1. The summed E-state index contributed by atoms with van der Waals surface area (Å²) in [6.45, 7) is 3.01. The van der Waals surface area contributed by atoms with Crippen molar-refractivity contribution in [3.63, 3.8) is 0 Å². The number of aryl methyl sites for hydroxylation is 1. The maximum Gasteiger partial charge on any atom is 0.255 e. The number of hydrogen-bond donors (Lipinski definition) is 1. The number of carbonyl (C=O) groups is 1. The first-order chi connectivity index (χ1) is 12.9. The molecule has 1 N–H and O–H groups in total. The van der Waals surface area contributed by atoms with E-state index in [1.807, 2.05) is 13.0 Å². The Morgan fingerprint density at radius 1 is 1.04 bits per heavy atom. The van der Waals surface area contributed by atoms with Gasteiger partial charge in [0.05, 0.1) is 17.0 Å². The van der Waals surface area contributed by atoms with Crippen molar-refractivity contribution in [3.8, 4) is 5.75 Å². The smallest absolute Gasteiger partial charge is 0.255 e. The monoisotopic (exact) mass is 386 g/mol. The summed E-state index contributed by atoms with van der Waals surface area (Å²) in [5.74, 6) is 0.402.